The van der Waals surface area contributed by atoms with Gasteiger partial charge in [-0.15, -0.1) is 0 Å². The van der Waals surface area contributed by atoms with E-state index in [0.29, 0.717) is 17.6 Å². The Labute approximate surface area is 111 Å². The molecule has 1 unspecified atom stereocenters. The van der Waals surface area contributed by atoms with Crippen LogP contribution in [0.4, 0.5) is 0 Å². The molecule has 0 saturated heterocycles. The molecule has 1 N–H and O–H groups in total. The predicted molar refractivity (Wildman–Crippen MR) is 70.2 cm³/mol. The van der Waals surface area contributed by atoms with Crippen LogP contribution in [0, 0.1) is 6.92 Å². The summed E-state index contributed by atoms with van der Waals surface area (Å²) in [5.41, 5.74) is 1.06. The standard InChI is InChI=1S/C14H15ClO3/c1-10-4-2-3-5-12(10)17-9-11(8-16)13-6-7-14(15)18-13/h2-7,11,16H,8-9H2,1H3. The number of aryl methyl sites for hydroxylation is 1. The highest BCUT2D eigenvalue weighted by Gasteiger charge is 2.16. The Balaban J connectivity index is 2.02. The molecule has 0 fully saturated rings. The number of hydrogen-bond donors (Lipinski definition) is 1. The third-order valence-corrected chi connectivity index (χ3v) is 2.95. The van der Waals surface area contributed by atoms with Crippen LogP contribution in [0.15, 0.2) is 40.8 Å². The van der Waals surface area contributed by atoms with Crippen LogP contribution >= 0.6 is 11.6 Å². The summed E-state index contributed by atoms with van der Waals surface area (Å²) in [6, 6.07) is 11.2. The maximum Gasteiger partial charge on any atom is 0.193 e. The molecule has 0 amide bonds. The highest BCUT2D eigenvalue weighted by atomic mass is 35.5. The van der Waals surface area contributed by atoms with E-state index in [2.05, 4.69) is 0 Å². The van der Waals surface area contributed by atoms with E-state index in [4.69, 9.17) is 20.8 Å². The van der Waals surface area contributed by atoms with Crippen molar-refractivity contribution < 1.29 is 14.3 Å². The van der Waals surface area contributed by atoms with E-state index in [-0.39, 0.29) is 12.5 Å². The fourth-order valence-corrected chi connectivity index (χ4v) is 1.83. The van der Waals surface area contributed by atoms with Gasteiger partial charge in [-0.1, -0.05) is 18.2 Å². The van der Waals surface area contributed by atoms with Gasteiger partial charge < -0.3 is 14.3 Å². The van der Waals surface area contributed by atoms with Crippen LogP contribution in [-0.4, -0.2) is 18.3 Å². The molecule has 1 atom stereocenters. The molecule has 2 aromatic rings. The van der Waals surface area contributed by atoms with Gasteiger partial charge in [0.05, 0.1) is 12.5 Å². The first kappa shape index (κ1) is 13.0. The lowest BCUT2D eigenvalue weighted by atomic mass is 10.1. The first-order valence-electron chi connectivity index (χ1n) is 5.75. The van der Waals surface area contributed by atoms with Gasteiger partial charge in [0.15, 0.2) is 5.22 Å². The zero-order valence-electron chi connectivity index (χ0n) is 10.1. The highest BCUT2D eigenvalue weighted by molar-refractivity contribution is 6.28. The van der Waals surface area contributed by atoms with Gasteiger partial charge in [-0.25, -0.2) is 0 Å². The average molecular weight is 267 g/mol. The third-order valence-electron chi connectivity index (χ3n) is 2.75. The molecule has 0 aliphatic heterocycles. The van der Waals surface area contributed by atoms with E-state index < -0.39 is 0 Å². The average Bonchev–Trinajstić information content (AvgIpc) is 2.79. The molecule has 0 saturated carbocycles. The molecule has 0 radical (unpaired) electrons. The van der Waals surface area contributed by atoms with E-state index in [1.54, 1.807) is 12.1 Å². The second-order valence-corrected chi connectivity index (χ2v) is 4.47. The fraction of sp³-hybridized carbons (Fsp3) is 0.286. The van der Waals surface area contributed by atoms with Gasteiger partial charge in [0.2, 0.25) is 0 Å². The second kappa shape index (κ2) is 5.94. The molecule has 3 nitrogen and oxygen atoms in total. The van der Waals surface area contributed by atoms with E-state index in [0.717, 1.165) is 11.3 Å². The number of para-hydroxylation sites is 1. The van der Waals surface area contributed by atoms with Gasteiger partial charge in [-0.2, -0.15) is 0 Å². The molecule has 4 heteroatoms. The molecule has 0 aliphatic carbocycles. The normalized spacial score (nSPS) is 12.4. The van der Waals surface area contributed by atoms with Crippen LogP contribution in [-0.2, 0) is 0 Å². The lowest BCUT2D eigenvalue weighted by Gasteiger charge is -2.14. The maximum atomic E-state index is 9.35. The Morgan fingerprint density at radius 3 is 2.67 bits per heavy atom. The molecule has 18 heavy (non-hydrogen) atoms. The number of benzene rings is 1. The molecule has 1 aromatic heterocycles. The van der Waals surface area contributed by atoms with Crippen molar-refractivity contribution in [2.45, 2.75) is 12.8 Å². The van der Waals surface area contributed by atoms with Crippen molar-refractivity contribution in [2.75, 3.05) is 13.2 Å². The van der Waals surface area contributed by atoms with Crippen LogP contribution in [0.1, 0.15) is 17.2 Å². The molecule has 96 valence electrons. The van der Waals surface area contributed by atoms with Gasteiger partial charge in [0.25, 0.3) is 0 Å². The van der Waals surface area contributed by atoms with Crippen molar-refractivity contribution in [3.8, 4) is 5.75 Å². The minimum Gasteiger partial charge on any atom is -0.492 e. The number of furan rings is 1. The number of hydrogen-bond acceptors (Lipinski definition) is 3. The van der Waals surface area contributed by atoms with Crippen LogP contribution < -0.4 is 4.74 Å². The molecular weight excluding hydrogens is 252 g/mol. The Hall–Kier alpha value is -1.45. The van der Waals surface area contributed by atoms with Crippen LogP contribution in [0.5, 0.6) is 5.75 Å². The van der Waals surface area contributed by atoms with Gasteiger partial charge in [-0.05, 0) is 42.3 Å². The highest BCUT2D eigenvalue weighted by Crippen LogP contribution is 2.24. The Morgan fingerprint density at radius 2 is 2.06 bits per heavy atom. The van der Waals surface area contributed by atoms with Gasteiger partial charge >= 0.3 is 0 Å². The molecular formula is C14H15ClO3. The van der Waals surface area contributed by atoms with E-state index >= 15 is 0 Å². The van der Waals surface area contributed by atoms with Crippen molar-refractivity contribution in [3.05, 3.63) is 52.9 Å². The van der Waals surface area contributed by atoms with Gasteiger partial charge in [-0.3, -0.25) is 0 Å². The van der Waals surface area contributed by atoms with Crippen LogP contribution in [0.3, 0.4) is 0 Å². The number of aliphatic hydroxyl groups excluding tert-OH is 1. The largest absolute Gasteiger partial charge is 0.492 e. The Bertz CT molecular complexity index is 507. The summed E-state index contributed by atoms with van der Waals surface area (Å²) in [4.78, 5) is 0. The second-order valence-electron chi connectivity index (χ2n) is 4.10. The Kier molecular flexibility index (Phi) is 4.28. The minimum absolute atomic E-state index is 0.0459. The Morgan fingerprint density at radius 1 is 1.28 bits per heavy atom. The molecule has 1 aromatic carbocycles. The lowest BCUT2D eigenvalue weighted by Crippen LogP contribution is -2.13. The zero-order chi connectivity index (χ0) is 13.0. The summed E-state index contributed by atoms with van der Waals surface area (Å²) in [6.45, 7) is 2.29. The van der Waals surface area contributed by atoms with E-state index in [1.807, 2.05) is 31.2 Å². The minimum atomic E-state index is -0.211. The monoisotopic (exact) mass is 266 g/mol. The first-order chi connectivity index (χ1) is 8.70. The van der Waals surface area contributed by atoms with Gasteiger partial charge in [0.1, 0.15) is 18.1 Å². The molecule has 1 heterocycles. The maximum absolute atomic E-state index is 9.35. The summed E-state index contributed by atoms with van der Waals surface area (Å²) in [5, 5.41) is 9.67. The van der Waals surface area contributed by atoms with Crippen LogP contribution in [0.2, 0.25) is 5.22 Å². The van der Waals surface area contributed by atoms with Crippen molar-refractivity contribution >= 4 is 11.6 Å². The lowest BCUT2D eigenvalue weighted by molar-refractivity contribution is 0.189. The molecule has 0 aliphatic rings. The number of rotatable bonds is 5. The molecule has 2 rings (SSSR count). The number of ether oxygens (including phenoxy) is 1. The quantitative estimate of drug-likeness (QED) is 0.902. The third kappa shape index (κ3) is 3.06. The predicted octanol–water partition coefficient (Wildman–Crippen LogP) is 3.40. The van der Waals surface area contributed by atoms with E-state index in [1.165, 1.54) is 0 Å². The first-order valence-corrected chi connectivity index (χ1v) is 6.13. The number of aliphatic hydroxyl groups is 1. The van der Waals surface area contributed by atoms with Crippen LogP contribution in [0.25, 0.3) is 0 Å². The number of halogens is 1. The van der Waals surface area contributed by atoms with Crippen molar-refractivity contribution in [1.29, 1.82) is 0 Å². The fourth-order valence-electron chi connectivity index (χ4n) is 1.68. The van der Waals surface area contributed by atoms with Crippen molar-refractivity contribution in [2.24, 2.45) is 0 Å². The summed E-state index contributed by atoms with van der Waals surface area (Å²) in [5.74, 6) is 1.24. The summed E-state index contributed by atoms with van der Waals surface area (Å²) < 4.78 is 11.0. The summed E-state index contributed by atoms with van der Waals surface area (Å²) >= 11 is 5.71. The summed E-state index contributed by atoms with van der Waals surface area (Å²) in [7, 11) is 0. The topological polar surface area (TPSA) is 42.6 Å². The molecule has 0 bridgehead atoms. The van der Waals surface area contributed by atoms with Crippen molar-refractivity contribution in [3.63, 3.8) is 0 Å². The van der Waals surface area contributed by atoms with Gasteiger partial charge in [0, 0.05) is 0 Å². The zero-order valence-corrected chi connectivity index (χ0v) is 10.9. The molecule has 0 spiro atoms. The summed E-state index contributed by atoms with van der Waals surface area (Å²) in [6.07, 6.45) is 0. The van der Waals surface area contributed by atoms with E-state index in [9.17, 15) is 5.11 Å². The smallest absolute Gasteiger partial charge is 0.193 e. The van der Waals surface area contributed by atoms with Crippen molar-refractivity contribution in [1.82, 2.24) is 0 Å². The SMILES string of the molecule is Cc1ccccc1OCC(CO)c1ccc(Cl)o1.